The van der Waals surface area contributed by atoms with Crippen molar-refractivity contribution < 1.29 is 14.3 Å². The molecular weight excluding hydrogens is 268 g/mol. The lowest BCUT2D eigenvalue weighted by atomic mass is 9.84. The van der Waals surface area contributed by atoms with E-state index in [0.29, 0.717) is 23.6 Å². The number of ether oxygens (including phenoxy) is 2. The second-order valence-electron chi connectivity index (χ2n) is 6.04. The van der Waals surface area contributed by atoms with Gasteiger partial charge in [-0.05, 0) is 36.6 Å². The highest BCUT2D eigenvalue weighted by Crippen LogP contribution is 2.26. The third-order valence-electron chi connectivity index (χ3n) is 3.46. The van der Waals surface area contributed by atoms with Crippen LogP contribution in [0.5, 0.6) is 11.5 Å². The molecule has 0 aliphatic rings. The second kappa shape index (κ2) is 7.31. The lowest BCUT2D eigenvalue weighted by molar-refractivity contribution is 0.0895. The quantitative estimate of drug-likeness (QED) is 0.843. The molecule has 5 nitrogen and oxygen atoms in total. The summed E-state index contributed by atoms with van der Waals surface area (Å²) in [6.45, 7) is 6.76. The molecule has 0 aliphatic carbocycles. The van der Waals surface area contributed by atoms with Gasteiger partial charge in [-0.15, -0.1) is 0 Å². The van der Waals surface area contributed by atoms with Crippen molar-refractivity contribution in [3.8, 4) is 11.5 Å². The number of hydrogen-bond acceptors (Lipinski definition) is 4. The second-order valence-corrected chi connectivity index (χ2v) is 6.04. The number of methoxy groups -OCH3 is 2. The topological polar surface area (TPSA) is 73.6 Å². The Bertz CT molecular complexity index is 481. The molecule has 3 N–H and O–H groups in total. The van der Waals surface area contributed by atoms with E-state index in [2.05, 4.69) is 26.1 Å². The Morgan fingerprint density at radius 2 is 1.95 bits per heavy atom. The normalized spacial score (nSPS) is 12.7. The molecule has 0 aliphatic heterocycles. The molecule has 0 fully saturated rings. The smallest absolute Gasteiger partial charge is 0.255 e. The number of carbonyl (C=O) groups is 1. The summed E-state index contributed by atoms with van der Waals surface area (Å²) in [6, 6.07) is 5.15. The molecule has 0 radical (unpaired) electrons. The van der Waals surface area contributed by atoms with Crippen molar-refractivity contribution in [2.24, 2.45) is 11.1 Å². The summed E-state index contributed by atoms with van der Waals surface area (Å²) in [5.74, 6) is 0.958. The van der Waals surface area contributed by atoms with Crippen molar-refractivity contribution in [3.63, 3.8) is 0 Å². The molecule has 0 saturated carbocycles. The summed E-state index contributed by atoms with van der Waals surface area (Å²) < 4.78 is 10.4. The fourth-order valence-corrected chi connectivity index (χ4v) is 2.12. The van der Waals surface area contributed by atoms with Gasteiger partial charge in [-0.25, -0.2) is 0 Å². The van der Waals surface area contributed by atoms with Crippen LogP contribution < -0.4 is 20.5 Å². The Morgan fingerprint density at radius 1 is 1.29 bits per heavy atom. The Labute approximate surface area is 126 Å². The largest absolute Gasteiger partial charge is 0.497 e. The third-order valence-corrected chi connectivity index (χ3v) is 3.46. The average molecular weight is 294 g/mol. The van der Waals surface area contributed by atoms with E-state index in [0.717, 1.165) is 6.42 Å². The van der Waals surface area contributed by atoms with E-state index >= 15 is 0 Å². The highest BCUT2D eigenvalue weighted by molar-refractivity contribution is 5.97. The van der Waals surface area contributed by atoms with Crippen molar-refractivity contribution in [1.29, 1.82) is 0 Å². The maximum Gasteiger partial charge on any atom is 0.255 e. The predicted molar refractivity (Wildman–Crippen MR) is 83.9 cm³/mol. The van der Waals surface area contributed by atoms with Crippen LogP contribution >= 0.6 is 0 Å². The zero-order chi connectivity index (χ0) is 16.0. The number of carbonyl (C=O) groups excluding carboxylic acids is 1. The Hall–Kier alpha value is -1.75. The first-order valence-electron chi connectivity index (χ1n) is 7.06. The maximum absolute atomic E-state index is 12.5. The summed E-state index contributed by atoms with van der Waals surface area (Å²) in [5, 5.41) is 3.05. The molecule has 0 aromatic heterocycles. The molecule has 0 heterocycles. The van der Waals surface area contributed by atoms with E-state index in [1.54, 1.807) is 32.4 Å². The van der Waals surface area contributed by atoms with Gasteiger partial charge in [0.1, 0.15) is 11.5 Å². The summed E-state index contributed by atoms with van der Waals surface area (Å²) in [6.07, 6.45) is 0.724. The van der Waals surface area contributed by atoms with Gasteiger partial charge in [0, 0.05) is 6.04 Å². The van der Waals surface area contributed by atoms with Crippen molar-refractivity contribution in [3.05, 3.63) is 23.8 Å². The lowest BCUT2D eigenvalue weighted by Crippen LogP contribution is -2.45. The van der Waals surface area contributed by atoms with E-state index < -0.39 is 0 Å². The van der Waals surface area contributed by atoms with Crippen molar-refractivity contribution >= 4 is 5.91 Å². The average Bonchev–Trinajstić information content (AvgIpc) is 2.44. The summed E-state index contributed by atoms with van der Waals surface area (Å²) in [5.41, 5.74) is 6.04. The first kappa shape index (κ1) is 17.3. The van der Waals surface area contributed by atoms with Crippen molar-refractivity contribution in [1.82, 2.24) is 5.32 Å². The zero-order valence-corrected chi connectivity index (χ0v) is 13.5. The van der Waals surface area contributed by atoms with Gasteiger partial charge in [-0.1, -0.05) is 20.8 Å². The molecule has 1 amide bonds. The van der Waals surface area contributed by atoms with Crippen LogP contribution in [0.2, 0.25) is 0 Å². The van der Waals surface area contributed by atoms with Crippen LogP contribution in [-0.2, 0) is 0 Å². The number of rotatable bonds is 6. The molecule has 0 spiro atoms. The molecule has 5 heteroatoms. The lowest BCUT2D eigenvalue weighted by Gasteiger charge is -2.31. The zero-order valence-electron chi connectivity index (χ0n) is 13.5. The van der Waals surface area contributed by atoms with Gasteiger partial charge >= 0.3 is 0 Å². The van der Waals surface area contributed by atoms with Gasteiger partial charge < -0.3 is 20.5 Å². The number of benzene rings is 1. The van der Waals surface area contributed by atoms with Crippen LogP contribution in [0, 0.1) is 5.41 Å². The van der Waals surface area contributed by atoms with Gasteiger partial charge in [-0.2, -0.15) is 0 Å². The SMILES string of the molecule is COc1ccc(OC)c(C(=O)NC(CCN)C(C)(C)C)c1. The standard InChI is InChI=1S/C16H26N2O3/c1-16(2,3)14(8-9-17)18-15(19)12-10-11(20-4)6-7-13(12)21-5/h6-7,10,14H,8-9,17H2,1-5H3,(H,18,19). The molecule has 1 aromatic carbocycles. The molecular formula is C16H26N2O3. The minimum absolute atomic E-state index is 0.00842. The molecule has 1 unspecified atom stereocenters. The van der Waals surface area contributed by atoms with E-state index in [1.807, 2.05) is 0 Å². The Balaban J connectivity index is 3.01. The first-order chi connectivity index (χ1) is 9.83. The third kappa shape index (κ3) is 4.63. The van der Waals surface area contributed by atoms with E-state index in [9.17, 15) is 4.79 Å². The maximum atomic E-state index is 12.5. The molecule has 1 aromatic rings. The Kier molecular flexibility index (Phi) is 6.03. The minimum atomic E-state index is -0.181. The van der Waals surface area contributed by atoms with Gasteiger partial charge in [0.05, 0.1) is 19.8 Å². The molecule has 0 bridgehead atoms. The fraction of sp³-hybridized carbons (Fsp3) is 0.562. The summed E-state index contributed by atoms with van der Waals surface area (Å²) in [4.78, 5) is 12.5. The summed E-state index contributed by atoms with van der Waals surface area (Å²) in [7, 11) is 3.11. The minimum Gasteiger partial charge on any atom is -0.497 e. The number of hydrogen-bond donors (Lipinski definition) is 2. The van der Waals surface area contributed by atoms with Crippen LogP contribution in [0.3, 0.4) is 0 Å². The van der Waals surface area contributed by atoms with Crippen LogP contribution in [0.1, 0.15) is 37.6 Å². The van der Waals surface area contributed by atoms with Crippen LogP contribution in [0.4, 0.5) is 0 Å². The Morgan fingerprint density at radius 3 is 2.43 bits per heavy atom. The van der Waals surface area contributed by atoms with Gasteiger partial charge in [-0.3, -0.25) is 4.79 Å². The predicted octanol–water partition coefficient (Wildman–Crippen LogP) is 2.20. The van der Waals surface area contributed by atoms with Crippen molar-refractivity contribution in [2.45, 2.75) is 33.2 Å². The van der Waals surface area contributed by atoms with Gasteiger partial charge in [0.25, 0.3) is 5.91 Å². The molecule has 1 atom stereocenters. The van der Waals surface area contributed by atoms with E-state index in [4.69, 9.17) is 15.2 Å². The highest BCUT2D eigenvalue weighted by atomic mass is 16.5. The molecule has 0 saturated heterocycles. The summed E-state index contributed by atoms with van der Waals surface area (Å²) >= 11 is 0. The number of amides is 1. The fourth-order valence-electron chi connectivity index (χ4n) is 2.12. The monoisotopic (exact) mass is 294 g/mol. The number of nitrogens with two attached hydrogens (primary N) is 1. The van der Waals surface area contributed by atoms with Gasteiger partial charge in [0.2, 0.25) is 0 Å². The van der Waals surface area contributed by atoms with Crippen molar-refractivity contribution in [2.75, 3.05) is 20.8 Å². The van der Waals surface area contributed by atoms with Crippen LogP contribution in [0.25, 0.3) is 0 Å². The van der Waals surface area contributed by atoms with Crippen LogP contribution in [-0.4, -0.2) is 32.7 Å². The van der Waals surface area contributed by atoms with Gasteiger partial charge in [0.15, 0.2) is 0 Å². The number of nitrogens with one attached hydrogen (secondary N) is 1. The molecule has 1 rings (SSSR count). The van der Waals surface area contributed by atoms with E-state index in [1.165, 1.54) is 0 Å². The van der Waals surface area contributed by atoms with Crippen LogP contribution in [0.15, 0.2) is 18.2 Å². The highest BCUT2D eigenvalue weighted by Gasteiger charge is 2.27. The van der Waals surface area contributed by atoms with E-state index in [-0.39, 0.29) is 17.4 Å². The first-order valence-corrected chi connectivity index (χ1v) is 7.06. The molecule has 21 heavy (non-hydrogen) atoms. The molecule has 118 valence electrons.